The van der Waals surface area contributed by atoms with Crippen molar-refractivity contribution in [3.63, 3.8) is 0 Å². The van der Waals surface area contributed by atoms with Crippen LogP contribution in [-0.2, 0) is 14.4 Å². The van der Waals surface area contributed by atoms with Gasteiger partial charge in [-0.1, -0.05) is 0 Å². The van der Waals surface area contributed by atoms with Gasteiger partial charge in [0.25, 0.3) is 0 Å². The molecule has 9 nitrogen and oxygen atoms in total. The van der Waals surface area contributed by atoms with Crippen LogP contribution in [0.5, 0.6) is 0 Å². The number of hydrogen-bond acceptors (Lipinski definition) is 4. The van der Waals surface area contributed by atoms with Crippen LogP contribution >= 0.6 is 0 Å². The van der Waals surface area contributed by atoms with E-state index in [4.69, 9.17) is 10.8 Å². The van der Waals surface area contributed by atoms with Gasteiger partial charge in [0.1, 0.15) is 12.1 Å². The number of aliphatic carboxylic acids is 1. The van der Waals surface area contributed by atoms with E-state index in [1.54, 1.807) is 0 Å². The Morgan fingerprint density at radius 1 is 1.24 bits per heavy atom. The third-order valence-corrected chi connectivity index (χ3v) is 2.95. The summed E-state index contributed by atoms with van der Waals surface area (Å²) in [6.07, 6.45) is 1.59. The third-order valence-electron chi connectivity index (χ3n) is 2.95. The minimum Gasteiger partial charge on any atom is -0.480 e. The van der Waals surface area contributed by atoms with Crippen molar-refractivity contribution in [3.05, 3.63) is 0 Å². The fourth-order valence-electron chi connectivity index (χ4n) is 1.56. The van der Waals surface area contributed by atoms with E-state index in [-0.39, 0.29) is 24.8 Å². The fourth-order valence-corrected chi connectivity index (χ4v) is 1.56. The molecule has 2 atom stereocenters. The van der Waals surface area contributed by atoms with Crippen molar-refractivity contribution >= 4 is 23.8 Å². The molecule has 0 aliphatic heterocycles. The first-order chi connectivity index (χ1) is 9.79. The topological polar surface area (TPSA) is 151 Å². The summed E-state index contributed by atoms with van der Waals surface area (Å²) in [6.45, 7) is 1.50. The Hall–Kier alpha value is -2.32. The molecule has 1 saturated carbocycles. The van der Waals surface area contributed by atoms with Gasteiger partial charge in [0.2, 0.25) is 11.8 Å². The van der Waals surface area contributed by atoms with Gasteiger partial charge >= 0.3 is 12.0 Å². The number of carbonyl (C=O) groups is 4. The van der Waals surface area contributed by atoms with Crippen molar-refractivity contribution in [1.29, 1.82) is 0 Å². The maximum absolute atomic E-state index is 11.6. The van der Waals surface area contributed by atoms with Crippen LogP contribution in [0, 0.1) is 0 Å². The maximum Gasteiger partial charge on any atom is 0.326 e. The van der Waals surface area contributed by atoms with Crippen LogP contribution in [-0.4, -0.2) is 47.0 Å². The zero-order valence-electron chi connectivity index (χ0n) is 11.7. The lowest BCUT2D eigenvalue weighted by Gasteiger charge is -2.17. The normalized spacial score (nSPS) is 16.4. The second kappa shape index (κ2) is 7.46. The molecule has 0 aromatic rings. The highest BCUT2D eigenvalue weighted by atomic mass is 16.4. The molecular weight excluding hydrogens is 280 g/mol. The first-order valence-corrected chi connectivity index (χ1v) is 6.68. The van der Waals surface area contributed by atoms with E-state index in [1.165, 1.54) is 6.92 Å². The minimum atomic E-state index is -1.28. The molecule has 0 aromatic carbocycles. The molecule has 0 saturated heterocycles. The zero-order valence-corrected chi connectivity index (χ0v) is 11.7. The standard InChI is InChI=1S/C12H20N4O5/c1-6(10(18)15-7-2-3-7)14-12(21)16-8(11(19)20)4-5-9(13)17/h6-8H,2-5H2,1H3,(H2,13,17)(H,15,18)(H,19,20)(H2,14,16,21)/t6?,8-/m0/s1. The highest BCUT2D eigenvalue weighted by Gasteiger charge is 2.27. The molecule has 1 unspecified atom stereocenters. The van der Waals surface area contributed by atoms with E-state index in [1.807, 2.05) is 0 Å². The first-order valence-electron chi connectivity index (χ1n) is 6.68. The molecule has 9 heteroatoms. The predicted molar refractivity (Wildman–Crippen MR) is 72.1 cm³/mol. The van der Waals surface area contributed by atoms with Crippen molar-refractivity contribution < 1.29 is 24.3 Å². The van der Waals surface area contributed by atoms with Crippen LogP contribution in [0.2, 0.25) is 0 Å². The summed E-state index contributed by atoms with van der Waals surface area (Å²) in [6, 6.07) is -2.63. The van der Waals surface area contributed by atoms with Crippen molar-refractivity contribution in [2.75, 3.05) is 0 Å². The summed E-state index contributed by atoms with van der Waals surface area (Å²) in [5.41, 5.74) is 4.93. The third kappa shape index (κ3) is 6.59. The Kier molecular flexibility index (Phi) is 5.94. The number of carboxylic acid groups (broad SMARTS) is 1. The van der Waals surface area contributed by atoms with Gasteiger partial charge in [-0.2, -0.15) is 0 Å². The number of rotatable bonds is 8. The highest BCUT2D eigenvalue weighted by Crippen LogP contribution is 2.18. The quantitative estimate of drug-likeness (QED) is 0.376. The molecule has 1 aliphatic rings. The second-order valence-electron chi connectivity index (χ2n) is 5.02. The van der Waals surface area contributed by atoms with Crippen LogP contribution in [0.1, 0.15) is 32.6 Å². The van der Waals surface area contributed by atoms with E-state index >= 15 is 0 Å². The van der Waals surface area contributed by atoms with Gasteiger partial charge in [-0.3, -0.25) is 9.59 Å². The molecule has 1 fully saturated rings. The molecule has 0 radical (unpaired) electrons. The van der Waals surface area contributed by atoms with Crippen molar-refractivity contribution in [2.45, 2.75) is 50.7 Å². The number of amides is 4. The van der Waals surface area contributed by atoms with Gasteiger partial charge < -0.3 is 26.8 Å². The molecule has 4 amide bonds. The van der Waals surface area contributed by atoms with Crippen LogP contribution < -0.4 is 21.7 Å². The number of urea groups is 1. The molecule has 0 aromatic heterocycles. The highest BCUT2D eigenvalue weighted by molar-refractivity contribution is 5.88. The zero-order chi connectivity index (χ0) is 16.0. The molecule has 0 heterocycles. The average Bonchev–Trinajstić information content (AvgIpc) is 3.17. The van der Waals surface area contributed by atoms with Crippen molar-refractivity contribution in [1.82, 2.24) is 16.0 Å². The number of hydrogen-bond donors (Lipinski definition) is 5. The van der Waals surface area contributed by atoms with E-state index in [2.05, 4.69) is 16.0 Å². The molecule has 21 heavy (non-hydrogen) atoms. The fraction of sp³-hybridized carbons (Fsp3) is 0.667. The van der Waals surface area contributed by atoms with Gasteiger partial charge in [0.05, 0.1) is 0 Å². The summed E-state index contributed by atoms with van der Waals surface area (Å²) >= 11 is 0. The Labute approximate surface area is 121 Å². The van der Waals surface area contributed by atoms with Gasteiger partial charge in [-0.15, -0.1) is 0 Å². The summed E-state index contributed by atoms with van der Waals surface area (Å²) in [5.74, 6) is -2.25. The molecule has 6 N–H and O–H groups in total. The lowest BCUT2D eigenvalue weighted by molar-refractivity contribution is -0.139. The monoisotopic (exact) mass is 300 g/mol. The number of nitrogens with one attached hydrogen (secondary N) is 3. The van der Waals surface area contributed by atoms with Gasteiger partial charge in [0.15, 0.2) is 0 Å². The van der Waals surface area contributed by atoms with E-state index in [9.17, 15) is 19.2 Å². The van der Waals surface area contributed by atoms with Gasteiger partial charge in [-0.05, 0) is 26.2 Å². The minimum absolute atomic E-state index is 0.110. The van der Waals surface area contributed by atoms with Crippen LogP contribution in [0.25, 0.3) is 0 Å². The largest absolute Gasteiger partial charge is 0.480 e. The maximum atomic E-state index is 11.6. The van der Waals surface area contributed by atoms with Crippen molar-refractivity contribution in [3.8, 4) is 0 Å². The van der Waals surface area contributed by atoms with Gasteiger partial charge in [-0.25, -0.2) is 9.59 Å². The van der Waals surface area contributed by atoms with E-state index in [0.717, 1.165) is 12.8 Å². The average molecular weight is 300 g/mol. The molecular formula is C12H20N4O5. The predicted octanol–water partition coefficient (Wildman–Crippen LogP) is -1.33. The number of nitrogens with two attached hydrogens (primary N) is 1. The second-order valence-corrected chi connectivity index (χ2v) is 5.02. The van der Waals surface area contributed by atoms with Crippen LogP contribution in [0.15, 0.2) is 0 Å². The molecule has 118 valence electrons. The first kappa shape index (κ1) is 16.7. The smallest absolute Gasteiger partial charge is 0.326 e. The molecule has 1 aliphatic carbocycles. The Bertz CT molecular complexity index is 435. The Morgan fingerprint density at radius 3 is 2.33 bits per heavy atom. The van der Waals surface area contributed by atoms with E-state index < -0.39 is 30.0 Å². The molecule has 0 bridgehead atoms. The lowest BCUT2D eigenvalue weighted by atomic mass is 10.1. The number of carboxylic acids is 1. The van der Waals surface area contributed by atoms with Crippen LogP contribution in [0.3, 0.4) is 0 Å². The number of primary amides is 1. The summed E-state index contributed by atoms with van der Waals surface area (Å²) in [7, 11) is 0. The summed E-state index contributed by atoms with van der Waals surface area (Å²) in [5, 5.41) is 16.2. The molecule has 0 spiro atoms. The van der Waals surface area contributed by atoms with Crippen LogP contribution in [0.4, 0.5) is 4.79 Å². The lowest BCUT2D eigenvalue weighted by Crippen LogP contribution is -2.52. The van der Waals surface area contributed by atoms with E-state index in [0.29, 0.717) is 0 Å². The number of carbonyl (C=O) groups excluding carboxylic acids is 3. The molecule has 1 rings (SSSR count). The Morgan fingerprint density at radius 2 is 1.86 bits per heavy atom. The van der Waals surface area contributed by atoms with Gasteiger partial charge in [0, 0.05) is 12.5 Å². The summed E-state index contributed by atoms with van der Waals surface area (Å²) < 4.78 is 0. The summed E-state index contributed by atoms with van der Waals surface area (Å²) in [4.78, 5) is 44.9. The van der Waals surface area contributed by atoms with Crippen molar-refractivity contribution in [2.24, 2.45) is 5.73 Å². The Balaban J connectivity index is 2.39. The SMILES string of the molecule is CC(NC(=O)N[C@@H](CCC(N)=O)C(=O)O)C(=O)NC1CC1.